The van der Waals surface area contributed by atoms with Crippen LogP contribution >= 0.6 is 12.4 Å². The van der Waals surface area contributed by atoms with Crippen LogP contribution in [-0.4, -0.2) is 39.7 Å². The van der Waals surface area contributed by atoms with Crippen molar-refractivity contribution in [1.29, 1.82) is 0 Å². The molecule has 1 aromatic heterocycles. The topological polar surface area (TPSA) is 64.2 Å². The number of benzene rings is 2. The highest BCUT2D eigenvalue weighted by molar-refractivity contribution is 6.00. The second kappa shape index (κ2) is 8.76. The number of aromatic nitrogens is 2. The zero-order valence-corrected chi connectivity index (χ0v) is 17.0. The summed E-state index contributed by atoms with van der Waals surface area (Å²) in [6.45, 7) is 3.25. The maximum Gasteiger partial charge on any atom is 0.257 e. The molecule has 152 valence electrons. The molecule has 2 aromatic carbocycles. The largest absolute Gasteiger partial charge is 0.337 e. The minimum absolute atomic E-state index is 0. The van der Waals surface area contributed by atoms with E-state index < -0.39 is 0 Å². The Bertz CT molecular complexity index is 1000. The zero-order valence-electron chi connectivity index (χ0n) is 16.2. The van der Waals surface area contributed by atoms with Gasteiger partial charge in [0.1, 0.15) is 11.5 Å². The Labute approximate surface area is 175 Å². The Morgan fingerprint density at radius 1 is 1.21 bits per heavy atom. The van der Waals surface area contributed by atoms with Crippen molar-refractivity contribution in [2.75, 3.05) is 13.1 Å². The predicted molar refractivity (Wildman–Crippen MR) is 114 cm³/mol. The van der Waals surface area contributed by atoms with Crippen LogP contribution in [0.25, 0.3) is 16.9 Å². The molecule has 1 aliphatic heterocycles. The second-order valence-electron chi connectivity index (χ2n) is 7.34. The van der Waals surface area contributed by atoms with E-state index in [1.54, 1.807) is 27.9 Å². The third-order valence-electron chi connectivity index (χ3n) is 5.07. The average molecular weight is 415 g/mol. The molecule has 0 saturated carbocycles. The molecular weight excluding hydrogens is 391 g/mol. The van der Waals surface area contributed by atoms with E-state index in [1.807, 2.05) is 31.2 Å². The number of hydrogen-bond donors (Lipinski definition) is 1. The number of rotatable bonds is 3. The van der Waals surface area contributed by atoms with E-state index >= 15 is 0 Å². The fourth-order valence-corrected chi connectivity index (χ4v) is 3.63. The van der Waals surface area contributed by atoms with E-state index in [0.717, 1.165) is 24.0 Å². The van der Waals surface area contributed by atoms with E-state index in [-0.39, 0.29) is 30.2 Å². The molecule has 1 amide bonds. The fraction of sp³-hybridized carbons (Fsp3) is 0.273. The normalized spacial score (nSPS) is 16.4. The van der Waals surface area contributed by atoms with Crippen LogP contribution in [-0.2, 0) is 0 Å². The first-order valence-electron chi connectivity index (χ1n) is 9.49. The number of likely N-dealkylation sites (tertiary alicyclic amines) is 1. The number of nitrogens with two attached hydrogens (primary N) is 1. The van der Waals surface area contributed by atoms with Crippen molar-refractivity contribution in [3.8, 4) is 16.9 Å². The molecule has 5 nitrogen and oxygen atoms in total. The van der Waals surface area contributed by atoms with Crippen LogP contribution in [0, 0.1) is 12.7 Å². The van der Waals surface area contributed by atoms with Crippen LogP contribution in [0.15, 0.2) is 54.7 Å². The number of halogens is 2. The van der Waals surface area contributed by atoms with Crippen LogP contribution in [0.5, 0.6) is 0 Å². The minimum atomic E-state index is -0.312. The minimum Gasteiger partial charge on any atom is -0.337 e. The summed E-state index contributed by atoms with van der Waals surface area (Å²) in [6.07, 6.45) is 3.56. The summed E-state index contributed by atoms with van der Waals surface area (Å²) < 4.78 is 14.9. The van der Waals surface area contributed by atoms with Crippen molar-refractivity contribution in [2.24, 2.45) is 5.73 Å². The molecule has 3 aromatic rings. The Balaban J connectivity index is 0.00000240. The van der Waals surface area contributed by atoms with Gasteiger partial charge < -0.3 is 10.6 Å². The number of hydrogen-bond acceptors (Lipinski definition) is 3. The van der Waals surface area contributed by atoms with Gasteiger partial charge in [-0.15, -0.1) is 12.4 Å². The molecule has 4 rings (SSSR count). The van der Waals surface area contributed by atoms with Gasteiger partial charge in [-0.2, -0.15) is 5.10 Å². The molecule has 1 fully saturated rings. The molecule has 1 atom stereocenters. The number of amides is 1. The first-order valence-corrected chi connectivity index (χ1v) is 9.49. The van der Waals surface area contributed by atoms with Crippen molar-refractivity contribution in [2.45, 2.75) is 25.8 Å². The van der Waals surface area contributed by atoms with Crippen molar-refractivity contribution >= 4 is 18.3 Å². The Morgan fingerprint density at radius 2 is 1.97 bits per heavy atom. The number of carbonyl (C=O) groups excluding carboxylic acids is 1. The Morgan fingerprint density at radius 3 is 2.66 bits per heavy atom. The molecule has 7 heteroatoms. The summed E-state index contributed by atoms with van der Waals surface area (Å²) in [6, 6.07) is 14.0. The molecule has 0 radical (unpaired) electrons. The SMILES string of the molecule is Cc1cccc(-c2nn(-c3ccc(F)cc3)cc2C(=O)N2CCCC(N)C2)c1.Cl. The van der Waals surface area contributed by atoms with Crippen LogP contribution < -0.4 is 5.73 Å². The van der Waals surface area contributed by atoms with Crippen molar-refractivity contribution < 1.29 is 9.18 Å². The van der Waals surface area contributed by atoms with Gasteiger partial charge in [-0.25, -0.2) is 9.07 Å². The summed E-state index contributed by atoms with van der Waals surface area (Å²) in [7, 11) is 0. The third kappa shape index (κ3) is 4.49. The molecule has 1 saturated heterocycles. The van der Waals surface area contributed by atoms with Crippen molar-refractivity contribution in [3.63, 3.8) is 0 Å². The van der Waals surface area contributed by atoms with Crippen LogP contribution in [0.3, 0.4) is 0 Å². The monoisotopic (exact) mass is 414 g/mol. The van der Waals surface area contributed by atoms with Gasteiger partial charge in [-0.1, -0.05) is 23.8 Å². The first-order chi connectivity index (χ1) is 13.5. The number of carbonyl (C=O) groups is 1. The summed E-state index contributed by atoms with van der Waals surface area (Å²) in [5.74, 6) is -0.381. The third-order valence-corrected chi connectivity index (χ3v) is 5.07. The van der Waals surface area contributed by atoms with Gasteiger partial charge in [0.05, 0.1) is 11.3 Å². The lowest BCUT2D eigenvalue weighted by Crippen LogP contribution is -2.45. The van der Waals surface area contributed by atoms with Crippen LogP contribution in [0.2, 0.25) is 0 Å². The molecule has 2 heterocycles. The lowest BCUT2D eigenvalue weighted by Gasteiger charge is -2.30. The van der Waals surface area contributed by atoms with Gasteiger partial charge in [0, 0.05) is 30.9 Å². The molecule has 0 bridgehead atoms. The molecule has 1 aliphatic rings. The molecule has 2 N–H and O–H groups in total. The van der Waals surface area contributed by atoms with Gasteiger partial charge >= 0.3 is 0 Å². The quantitative estimate of drug-likeness (QED) is 0.705. The summed E-state index contributed by atoms with van der Waals surface area (Å²) in [4.78, 5) is 15.1. The van der Waals surface area contributed by atoms with Gasteiger partial charge in [-0.05, 0) is 50.1 Å². The van der Waals surface area contributed by atoms with Gasteiger partial charge in [0.25, 0.3) is 5.91 Å². The van der Waals surface area contributed by atoms with Crippen LogP contribution in [0.1, 0.15) is 28.8 Å². The summed E-state index contributed by atoms with van der Waals surface area (Å²) in [5.41, 5.74) is 9.89. The maximum absolute atomic E-state index is 13.3. The first kappa shape index (κ1) is 21.0. The van der Waals surface area contributed by atoms with E-state index in [1.165, 1.54) is 12.1 Å². The number of nitrogens with zero attached hydrogens (tertiary/aromatic N) is 3. The van der Waals surface area contributed by atoms with E-state index in [2.05, 4.69) is 5.10 Å². The van der Waals surface area contributed by atoms with E-state index in [9.17, 15) is 9.18 Å². The Kier molecular flexibility index (Phi) is 6.35. The molecule has 29 heavy (non-hydrogen) atoms. The Hall–Kier alpha value is -2.70. The van der Waals surface area contributed by atoms with Crippen LogP contribution in [0.4, 0.5) is 4.39 Å². The lowest BCUT2D eigenvalue weighted by atomic mass is 10.0. The second-order valence-corrected chi connectivity index (χ2v) is 7.34. The van der Waals surface area contributed by atoms with Gasteiger partial charge in [0.2, 0.25) is 0 Å². The standard InChI is InChI=1S/C22H23FN4O.ClH/c1-15-4-2-5-16(12-15)21-20(22(28)26-11-3-6-18(24)13-26)14-27(25-21)19-9-7-17(23)8-10-19;/h2,4-5,7-10,12,14,18H,3,6,11,13,24H2,1H3;1H. The van der Waals surface area contributed by atoms with Gasteiger partial charge in [-0.3, -0.25) is 4.79 Å². The number of aryl methyl sites for hydroxylation is 1. The average Bonchev–Trinajstić information content (AvgIpc) is 3.13. The molecule has 0 spiro atoms. The highest BCUT2D eigenvalue weighted by Crippen LogP contribution is 2.26. The zero-order chi connectivity index (χ0) is 19.7. The van der Waals surface area contributed by atoms with Gasteiger partial charge in [0.15, 0.2) is 0 Å². The van der Waals surface area contributed by atoms with E-state index in [4.69, 9.17) is 5.73 Å². The van der Waals surface area contributed by atoms with E-state index in [0.29, 0.717) is 30.0 Å². The summed E-state index contributed by atoms with van der Waals surface area (Å²) in [5, 5.41) is 4.67. The summed E-state index contributed by atoms with van der Waals surface area (Å²) >= 11 is 0. The smallest absolute Gasteiger partial charge is 0.257 e. The lowest BCUT2D eigenvalue weighted by molar-refractivity contribution is 0.0709. The highest BCUT2D eigenvalue weighted by Gasteiger charge is 2.27. The fourth-order valence-electron chi connectivity index (χ4n) is 3.63. The maximum atomic E-state index is 13.3. The molecule has 0 aliphatic carbocycles. The molecular formula is C22H24ClFN4O. The van der Waals surface area contributed by atoms with Crippen molar-refractivity contribution in [1.82, 2.24) is 14.7 Å². The predicted octanol–water partition coefficient (Wildman–Crippen LogP) is 3.97. The molecule has 1 unspecified atom stereocenters. The van der Waals surface area contributed by atoms with Crippen molar-refractivity contribution in [3.05, 3.63) is 71.7 Å². The number of piperidine rings is 1. The highest BCUT2D eigenvalue weighted by atomic mass is 35.5.